The summed E-state index contributed by atoms with van der Waals surface area (Å²) < 4.78 is 11.9. The molecular formula is C23H21N3O3S. The molecule has 30 heavy (non-hydrogen) atoms. The van der Waals surface area contributed by atoms with Gasteiger partial charge in [-0.2, -0.15) is 0 Å². The van der Waals surface area contributed by atoms with Gasteiger partial charge in [-0.05, 0) is 60.5 Å². The summed E-state index contributed by atoms with van der Waals surface area (Å²) in [7, 11) is 1.61. The maximum absolute atomic E-state index is 13.1. The maximum Gasteiger partial charge on any atom is 0.267 e. The molecule has 0 aliphatic heterocycles. The average molecular weight is 420 g/mol. The number of carbonyl (C=O) groups excluding carboxylic acids is 1. The largest absolute Gasteiger partial charge is 0.497 e. The van der Waals surface area contributed by atoms with Gasteiger partial charge in [0.25, 0.3) is 5.91 Å². The zero-order valence-corrected chi connectivity index (χ0v) is 17.6. The topological polar surface area (TPSA) is 64.6 Å². The van der Waals surface area contributed by atoms with Gasteiger partial charge in [-0.1, -0.05) is 23.5 Å². The normalized spacial score (nSPS) is 10.7. The number of pyridine rings is 1. The summed E-state index contributed by atoms with van der Waals surface area (Å²) in [6.07, 6.45) is 3.46. The minimum absolute atomic E-state index is 0.0957. The highest BCUT2D eigenvalue weighted by Crippen LogP contribution is 2.30. The summed E-state index contributed by atoms with van der Waals surface area (Å²) in [5.41, 5.74) is 2.96. The molecule has 0 unspecified atom stereocenters. The number of hydrogen-bond acceptors (Lipinski definition) is 6. The number of methoxy groups -OCH3 is 1. The first-order valence-corrected chi connectivity index (χ1v) is 10.3. The Bertz CT molecular complexity index is 1140. The van der Waals surface area contributed by atoms with E-state index in [0.29, 0.717) is 17.4 Å². The van der Waals surface area contributed by atoms with Crippen LogP contribution in [0.2, 0.25) is 0 Å². The number of benzene rings is 2. The Morgan fingerprint density at radius 2 is 1.90 bits per heavy atom. The van der Waals surface area contributed by atoms with Crippen molar-refractivity contribution >= 4 is 32.6 Å². The summed E-state index contributed by atoms with van der Waals surface area (Å²) in [6, 6.07) is 17.0. The SMILES string of the molecule is COc1ccc(OCC(=O)N(Cc2cccnc2)c2nc3ccc(C)cc3s2)cc1. The van der Waals surface area contributed by atoms with Gasteiger partial charge in [0.05, 0.1) is 23.9 Å². The average Bonchev–Trinajstić information content (AvgIpc) is 3.19. The highest BCUT2D eigenvalue weighted by atomic mass is 32.1. The Balaban J connectivity index is 1.57. The number of rotatable bonds is 7. The van der Waals surface area contributed by atoms with E-state index in [1.165, 1.54) is 11.3 Å². The van der Waals surface area contributed by atoms with Crippen molar-refractivity contribution in [1.29, 1.82) is 0 Å². The quantitative estimate of drug-likeness (QED) is 0.437. The molecule has 0 radical (unpaired) electrons. The lowest BCUT2D eigenvalue weighted by molar-refractivity contribution is -0.120. The van der Waals surface area contributed by atoms with Crippen LogP contribution in [0.1, 0.15) is 11.1 Å². The standard InChI is InChI=1S/C23H21N3O3S/c1-16-5-10-20-21(12-16)30-23(25-20)26(14-17-4-3-11-24-13-17)22(27)15-29-19-8-6-18(28-2)7-9-19/h3-13H,14-15H2,1-2H3. The van der Waals surface area contributed by atoms with E-state index in [-0.39, 0.29) is 12.5 Å². The van der Waals surface area contributed by atoms with Crippen molar-refractivity contribution in [3.05, 3.63) is 78.1 Å². The van der Waals surface area contributed by atoms with Crippen molar-refractivity contribution in [3.63, 3.8) is 0 Å². The predicted octanol–water partition coefficient (Wildman–Crippen LogP) is 4.62. The van der Waals surface area contributed by atoms with E-state index >= 15 is 0 Å². The Labute approximate surface area is 178 Å². The third kappa shape index (κ3) is 4.58. The number of aryl methyl sites for hydroxylation is 1. The molecule has 1 amide bonds. The lowest BCUT2D eigenvalue weighted by Crippen LogP contribution is -2.34. The van der Waals surface area contributed by atoms with Gasteiger partial charge in [0.15, 0.2) is 11.7 Å². The van der Waals surface area contributed by atoms with Gasteiger partial charge < -0.3 is 9.47 Å². The number of hydrogen-bond donors (Lipinski definition) is 0. The molecule has 0 saturated heterocycles. The lowest BCUT2D eigenvalue weighted by Gasteiger charge is -2.20. The molecule has 0 N–H and O–H groups in total. The second kappa shape index (κ2) is 8.92. The van der Waals surface area contributed by atoms with E-state index < -0.39 is 0 Å². The molecule has 2 aromatic carbocycles. The third-order valence-corrected chi connectivity index (χ3v) is 5.59. The molecule has 0 aliphatic carbocycles. The molecule has 6 nitrogen and oxygen atoms in total. The monoisotopic (exact) mass is 419 g/mol. The minimum Gasteiger partial charge on any atom is -0.497 e. The van der Waals surface area contributed by atoms with Crippen LogP contribution in [0, 0.1) is 6.92 Å². The molecule has 2 heterocycles. The van der Waals surface area contributed by atoms with Crippen molar-refractivity contribution in [2.75, 3.05) is 18.6 Å². The fourth-order valence-corrected chi connectivity index (χ4v) is 4.05. The van der Waals surface area contributed by atoms with Gasteiger partial charge in [-0.3, -0.25) is 14.7 Å². The van der Waals surface area contributed by atoms with E-state index in [0.717, 1.165) is 27.1 Å². The number of ether oxygens (including phenoxy) is 2. The molecule has 0 fully saturated rings. The van der Waals surface area contributed by atoms with Gasteiger partial charge in [-0.15, -0.1) is 0 Å². The van der Waals surface area contributed by atoms with Gasteiger partial charge in [0.1, 0.15) is 11.5 Å². The Kier molecular flexibility index (Phi) is 5.90. The van der Waals surface area contributed by atoms with E-state index in [4.69, 9.17) is 9.47 Å². The number of amides is 1. The number of fused-ring (bicyclic) bond motifs is 1. The van der Waals surface area contributed by atoms with Crippen LogP contribution in [0.3, 0.4) is 0 Å². The molecule has 0 bridgehead atoms. The Hall–Kier alpha value is -3.45. The highest BCUT2D eigenvalue weighted by Gasteiger charge is 2.21. The van der Waals surface area contributed by atoms with Gasteiger partial charge >= 0.3 is 0 Å². The predicted molar refractivity (Wildman–Crippen MR) is 118 cm³/mol. The highest BCUT2D eigenvalue weighted by molar-refractivity contribution is 7.22. The fourth-order valence-electron chi connectivity index (χ4n) is 2.97. The smallest absolute Gasteiger partial charge is 0.267 e. The van der Waals surface area contributed by atoms with Crippen LogP contribution in [0.25, 0.3) is 10.2 Å². The molecular weight excluding hydrogens is 398 g/mol. The van der Waals surface area contributed by atoms with Crippen molar-refractivity contribution in [2.45, 2.75) is 13.5 Å². The zero-order chi connectivity index (χ0) is 20.9. The van der Waals surface area contributed by atoms with Gasteiger partial charge in [0.2, 0.25) is 0 Å². The van der Waals surface area contributed by atoms with E-state index in [1.807, 2.05) is 31.2 Å². The number of aromatic nitrogens is 2. The van der Waals surface area contributed by atoms with E-state index in [9.17, 15) is 4.79 Å². The summed E-state index contributed by atoms with van der Waals surface area (Å²) in [5, 5.41) is 0.641. The number of anilines is 1. The van der Waals surface area contributed by atoms with Crippen LogP contribution in [-0.2, 0) is 11.3 Å². The second-order valence-electron chi connectivity index (χ2n) is 6.77. The van der Waals surface area contributed by atoms with Crippen LogP contribution < -0.4 is 14.4 Å². The first kappa shape index (κ1) is 19.8. The fraction of sp³-hybridized carbons (Fsp3) is 0.174. The first-order valence-electron chi connectivity index (χ1n) is 9.46. The van der Waals surface area contributed by atoms with Crippen LogP contribution >= 0.6 is 11.3 Å². The molecule has 2 aromatic heterocycles. The molecule has 0 spiro atoms. The molecule has 0 saturated carbocycles. The number of thiazole rings is 1. The van der Waals surface area contributed by atoms with Crippen LogP contribution in [0.15, 0.2) is 67.0 Å². The summed E-state index contributed by atoms with van der Waals surface area (Å²) in [4.78, 5) is 23.6. The molecule has 4 rings (SSSR count). The third-order valence-electron chi connectivity index (χ3n) is 4.55. The molecule has 152 valence electrons. The van der Waals surface area contributed by atoms with Crippen molar-refractivity contribution < 1.29 is 14.3 Å². The van der Waals surface area contributed by atoms with Crippen molar-refractivity contribution in [2.24, 2.45) is 0 Å². The van der Waals surface area contributed by atoms with Gasteiger partial charge in [0, 0.05) is 12.4 Å². The van der Waals surface area contributed by atoms with Gasteiger partial charge in [-0.25, -0.2) is 4.98 Å². The zero-order valence-electron chi connectivity index (χ0n) is 16.7. The molecule has 0 atom stereocenters. The van der Waals surface area contributed by atoms with Crippen LogP contribution in [-0.4, -0.2) is 29.6 Å². The molecule has 4 aromatic rings. The molecule has 0 aliphatic rings. The van der Waals surface area contributed by atoms with Crippen LogP contribution in [0.4, 0.5) is 5.13 Å². The maximum atomic E-state index is 13.1. The first-order chi connectivity index (χ1) is 14.6. The van der Waals surface area contributed by atoms with Crippen LogP contribution in [0.5, 0.6) is 11.5 Å². The Morgan fingerprint density at radius 3 is 2.63 bits per heavy atom. The number of nitrogens with zero attached hydrogens (tertiary/aromatic N) is 3. The minimum atomic E-state index is -0.176. The Morgan fingerprint density at radius 1 is 1.10 bits per heavy atom. The summed E-state index contributed by atoms with van der Waals surface area (Å²) >= 11 is 1.50. The lowest BCUT2D eigenvalue weighted by atomic mass is 10.2. The molecule has 7 heteroatoms. The summed E-state index contributed by atoms with van der Waals surface area (Å²) in [6.45, 7) is 2.32. The van der Waals surface area contributed by atoms with Crippen molar-refractivity contribution in [3.8, 4) is 11.5 Å². The number of carbonyl (C=O) groups is 1. The second-order valence-corrected chi connectivity index (χ2v) is 7.78. The van der Waals surface area contributed by atoms with E-state index in [2.05, 4.69) is 16.0 Å². The van der Waals surface area contributed by atoms with Crippen molar-refractivity contribution in [1.82, 2.24) is 9.97 Å². The van der Waals surface area contributed by atoms with E-state index in [1.54, 1.807) is 48.7 Å². The summed E-state index contributed by atoms with van der Waals surface area (Å²) in [5.74, 6) is 1.16.